The van der Waals surface area contributed by atoms with Gasteiger partial charge in [-0.15, -0.1) is 11.3 Å². The second-order valence-corrected chi connectivity index (χ2v) is 10.4. The van der Waals surface area contributed by atoms with Crippen LogP contribution >= 0.6 is 11.3 Å². The molecule has 0 radical (unpaired) electrons. The number of hydrogen-bond acceptors (Lipinski definition) is 7. The molecule has 0 spiro atoms. The maximum atomic E-state index is 14.0. The number of esters is 1. The van der Waals surface area contributed by atoms with Crippen molar-refractivity contribution in [3.63, 3.8) is 0 Å². The van der Waals surface area contributed by atoms with Gasteiger partial charge in [-0.3, -0.25) is 14.4 Å². The minimum absolute atomic E-state index is 0.198. The number of aryl methyl sites for hydroxylation is 3. The van der Waals surface area contributed by atoms with Crippen molar-refractivity contribution in [1.29, 1.82) is 0 Å². The molecule has 0 unspecified atom stereocenters. The summed E-state index contributed by atoms with van der Waals surface area (Å²) in [6.07, 6.45) is -0.999. The summed E-state index contributed by atoms with van der Waals surface area (Å²) in [5.41, 5.74) is 4.73. The van der Waals surface area contributed by atoms with Crippen LogP contribution in [0.15, 0.2) is 48.5 Å². The highest BCUT2D eigenvalue weighted by Crippen LogP contribution is 2.50. The van der Waals surface area contributed by atoms with E-state index in [0.29, 0.717) is 10.6 Å². The molecule has 7 nitrogen and oxygen atoms in total. The van der Waals surface area contributed by atoms with Gasteiger partial charge in [-0.2, -0.15) is 0 Å². The molecular formula is C28H28N2O5S. The molecule has 2 fully saturated rings. The fraction of sp³-hybridized carbons (Fsp3) is 0.321. The zero-order valence-corrected chi connectivity index (χ0v) is 21.7. The number of para-hydroxylation sites is 1. The first-order valence-corrected chi connectivity index (χ1v) is 12.8. The van der Waals surface area contributed by atoms with Crippen molar-refractivity contribution in [1.82, 2.24) is 0 Å². The van der Waals surface area contributed by atoms with Crippen molar-refractivity contribution in [3.05, 3.63) is 81.2 Å². The molecule has 0 saturated carbocycles. The standard InChI is InChI=1S/C28H28N2O5S/c1-6-34-28(33)21-17(4)18(5)36-27(21)29-25(31)22-23(19-13-11-15(2)12-14-19)30(35-24(22)26(29)32)20-10-8-7-9-16(20)3/h7-14,22-24H,6H2,1-5H3/t22-,23+,24-/m0/s1. The summed E-state index contributed by atoms with van der Waals surface area (Å²) in [6, 6.07) is 15.2. The van der Waals surface area contributed by atoms with Crippen LogP contribution in [0.2, 0.25) is 0 Å². The fourth-order valence-corrected chi connectivity index (χ4v) is 6.10. The maximum Gasteiger partial charge on any atom is 0.341 e. The van der Waals surface area contributed by atoms with Gasteiger partial charge in [-0.05, 0) is 57.4 Å². The highest BCUT2D eigenvalue weighted by Gasteiger charge is 2.61. The Balaban J connectivity index is 1.61. The molecule has 3 atom stereocenters. The van der Waals surface area contributed by atoms with E-state index in [4.69, 9.17) is 9.57 Å². The number of fused-ring (bicyclic) bond motifs is 1. The van der Waals surface area contributed by atoms with E-state index in [-0.39, 0.29) is 18.1 Å². The zero-order chi connectivity index (χ0) is 25.7. The van der Waals surface area contributed by atoms with E-state index in [1.54, 1.807) is 18.9 Å². The first-order chi connectivity index (χ1) is 17.2. The smallest absolute Gasteiger partial charge is 0.341 e. The van der Waals surface area contributed by atoms with E-state index >= 15 is 0 Å². The Kier molecular flexibility index (Phi) is 6.18. The van der Waals surface area contributed by atoms with Crippen molar-refractivity contribution >= 4 is 39.8 Å². The molecule has 0 N–H and O–H groups in total. The second-order valence-electron chi connectivity index (χ2n) is 9.22. The number of hydroxylamine groups is 1. The number of rotatable bonds is 5. The highest BCUT2D eigenvalue weighted by atomic mass is 32.1. The Labute approximate surface area is 214 Å². The Bertz CT molecular complexity index is 1360. The van der Waals surface area contributed by atoms with E-state index in [0.717, 1.165) is 32.2 Å². The first kappa shape index (κ1) is 24.2. The van der Waals surface area contributed by atoms with Crippen molar-refractivity contribution in [2.75, 3.05) is 16.6 Å². The van der Waals surface area contributed by atoms with Crippen LogP contribution in [0.25, 0.3) is 0 Å². The van der Waals surface area contributed by atoms with Crippen molar-refractivity contribution < 1.29 is 24.0 Å². The predicted molar refractivity (Wildman–Crippen MR) is 138 cm³/mol. The molecular weight excluding hydrogens is 476 g/mol. The summed E-state index contributed by atoms with van der Waals surface area (Å²) in [6.45, 7) is 9.56. The van der Waals surface area contributed by atoms with Crippen LogP contribution in [0.4, 0.5) is 10.7 Å². The number of anilines is 2. The Morgan fingerprint density at radius 2 is 1.69 bits per heavy atom. The van der Waals surface area contributed by atoms with Crippen molar-refractivity contribution in [3.8, 4) is 0 Å². The fourth-order valence-electron chi connectivity index (χ4n) is 4.95. The predicted octanol–water partition coefficient (Wildman–Crippen LogP) is 5.21. The molecule has 3 aromatic rings. The number of benzene rings is 2. The number of nitrogens with zero attached hydrogens (tertiary/aromatic N) is 2. The molecule has 36 heavy (non-hydrogen) atoms. The molecule has 0 bridgehead atoms. The van der Waals surface area contributed by atoms with Gasteiger partial charge in [0.25, 0.3) is 5.91 Å². The number of imide groups is 1. The molecule has 2 amide bonds. The van der Waals surface area contributed by atoms with Crippen LogP contribution in [0.5, 0.6) is 0 Å². The number of thiophene rings is 1. The summed E-state index contributed by atoms with van der Waals surface area (Å²) < 4.78 is 5.26. The molecule has 186 valence electrons. The normalized spacial score (nSPS) is 21.3. The van der Waals surface area contributed by atoms with Gasteiger partial charge in [-0.25, -0.2) is 14.8 Å². The van der Waals surface area contributed by atoms with Gasteiger partial charge >= 0.3 is 5.97 Å². The van der Waals surface area contributed by atoms with Gasteiger partial charge in [0.2, 0.25) is 5.91 Å². The molecule has 8 heteroatoms. The van der Waals surface area contributed by atoms with Gasteiger partial charge in [0, 0.05) is 4.88 Å². The molecule has 0 aliphatic carbocycles. The summed E-state index contributed by atoms with van der Waals surface area (Å²) in [5, 5.41) is 2.01. The molecule has 1 aromatic heterocycles. The highest BCUT2D eigenvalue weighted by molar-refractivity contribution is 7.17. The number of hydrogen-bond donors (Lipinski definition) is 0. The van der Waals surface area contributed by atoms with Crippen LogP contribution in [0, 0.1) is 33.6 Å². The Morgan fingerprint density at radius 3 is 2.36 bits per heavy atom. The lowest BCUT2D eigenvalue weighted by molar-refractivity contribution is -0.126. The average Bonchev–Trinajstić information content (AvgIpc) is 3.45. The van der Waals surface area contributed by atoms with Crippen LogP contribution in [0.1, 0.15) is 50.5 Å². The SMILES string of the molecule is CCOC(=O)c1c(N2C(=O)[C@@H]3[C@H](ON(c4ccccc4C)[C@@H]3c3ccc(C)cc3)C2=O)sc(C)c1C. The molecule has 2 aliphatic rings. The minimum Gasteiger partial charge on any atom is -0.462 e. The molecule has 3 heterocycles. The largest absolute Gasteiger partial charge is 0.462 e. The van der Waals surface area contributed by atoms with Crippen molar-refractivity contribution in [2.24, 2.45) is 5.92 Å². The van der Waals surface area contributed by atoms with E-state index in [1.807, 2.05) is 69.3 Å². The number of ether oxygens (including phenoxy) is 1. The third-order valence-electron chi connectivity index (χ3n) is 6.94. The summed E-state index contributed by atoms with van der Waals surface area (Å²) >= 11 is 1.25. The van der Waals surface area contributed by atoms with Crippen LogP contribution in [0.3, 0.4) is 0 Å². The maximum absolute atomic E-state index is 14.0. The van der Waals surface area contributed by atoms with Gasteiger partial charge < -0.3 is 4.74 Å². The first-order valence-electron chi connectivity index (χ1n) is 12.0. The van der Waals surface area contributed by atoms with Gasteiger partial charge in [0.1, 0.15) is 10.9 Å². The number of carbonyl (C=O) groups is 3. The summed E-state index contributed by atoms with van der Waals surface area (Å²) in [7, 11) is 0. The quantitative estimate of drug-likeness (QED) is 0.351. The Morgan fingerprint density at radius 1 is 1.00 bits per heavy atom. The third-order valence-corrected chi connectivity index (χ3v) is 8.13. The second kappa shape index (κ2) is 9.19. The average molecular weight is 505 g/mol. The minimum atomic E-state index is -0.999. The Hall–Kier alpha value is -3.49. The molecule has 2 saturated heterocycles. The van der Waals surface area contributed by atoms with Crippen molar-refractivity contribution in [2.45, 2.75) is 46.8 Å². The monoisotopic (exact) mass is 504 g/mol. The van der Waals surface area contributed by atoms with Crippen LogP contribution in [-0.4, -0.2) is 30.5 Å². The van der Waals surface area contributed by atoms with Gasteiger partial charge in [0.15, 0.2) is 6.10 Å². The zero-order valence-electron chi connectivity index (χ0n) is 20.9. The molecule has 2 aliphatic heterocycles. The lowest BCUT2D eigenvalue weighted by Crippen LogP contribution is -2.38. The van der Waals surface area contributed by atoms with E-state index < -0.39 is 29.9 Å². The third kappa shape index (κ3) is 3.72. The van der Waals surface area contributed by atoms with Gasteiger partial charge in [0.05, 0.1) is 23.9 Å². The summed E-state index contributed by atoms with van der Waals surface area (Å²) in [5.74, 6) is -2.15. The lowest BCUT2D eigenvalue weighted by Gasteiger charge is -2.29. The molecule has 5 rings (SSSR count). The number of carbonyl (C=O) groups excluding carboxylic acids is 3. The van der Waals surface area contributed by atoms with E-state index in [2.05, 4.69) is 0 Å². The van der Waals surface area contributed by atoms with Crippen LogP contribution in [-0.2, 0) is 19.2 Å². The van der Waals surface area contributed by atoms with Crippen LogP contribution < -0.4 is 9.96 Å². The van der Waals surface area contributed by atoms with E-state index in [9.17, 15) is 14.4 Å². The molecule has 2 aromatic carbocycles. The summed E-state index contributed by atoms with van der Waals surface area (Å²) in [4.78, 5) is 48.8. The topological polar surface area (TPSA) is 76.2 Å². The lowest BCUT2D eigenvalue weighted by atomic mass is 9.90. The van der Waals surface area contributed by atoms with E-state index in [1.165, 1.54) is 11.3 Å². The number of amides is 2. The van der Waals surface area contributed by atoms with Gasteiger partial charge in [-0.1, -0.05) is 48.0 Å².